The number of hydrogen-bond acceptors (Lipinski definition) is 2. The van der Waals surface area contributed by atoms with Crippen molar-refractivity contribution in [3.05, 3.63) is 56.5 Å². The number of aryl methyl sites for hydroxylation is 1. The summed E-state index contributed by atoms with van der Waals surface area (Å²) in [7, 11) is 0. The van der Waals surface area contributed by atoms with E-state index in [1.165, 1.54) is 0 Å². The van der Waals surface area contributed by atoms with Crippen LogP contribution in [-0.2, 0) is 0 Å². The second kappa shape index (κ2) is 6.03. The van der Waals surface area contributed by atoms with Crippen molar-refractivity contribution < 1.29 is 4.74 Å². The molecule has 0 amide bonds. The molecule has 2 N–H and O–H groups in total. The Balaban J connectivity index is 2.28. The smallest absolute Gasteiger partial charge is 0.141 e. The van der Waals surface area contributed by atoms with Crippen LogP contribution in [0.5, 0.6) is 11.5 Å². The largest absolute Gasteiger partial charge is 0.456 e. The Morgan fingerprint density at radius 2 is 1.84 bits per heavy atom. The fraction of sp³-hybridized carbons (Fsp3) is 0.0714. The van der Waals surface area contributed by atoms with Crippen LogP contribution in [0.3, 0.4) is 0 Å². The van der Waals surface area contributed by atoms with E-state index in [1.807, 2.05) is 43.3 Å². The van der Waals surface area contributed by atoms with E-state index in [0.717, 1.165) is 31.6 Å². The van der Waals surface area contributed by atoms with Crippen molar-refractivity contribution >= 4 is 49.1 Å². The quantitative estimate of drug-likeness (QED) is 0.740. The van der Waals surface area contributed by atoms with Gasteiger partial charge in [-0.15, -0.1) is 0 Å². The first-order chi connectivity index (χ1) is 8.97. The second-order valence-electron chi connectivity index (χ2n) is 4.02. The highest BCUT2D eigenvalue weighted by Crippen LogP contribution is 2.32. The van der Waals surface area contributed by atoms with Gasteiger partial charge in [-0.25, -0.2) is 0 Å². The molecular formula is C14H11Br2NOS. The Hall–Kier alpha value is -0.910. The number of benzene rings is 2. The fourth-order valence-electron chi connectivity index (χ4n) is 1.54. The van der Waals surface area contributed by atoms with Gasteiger partial charge in [0.1, 0.15) is 16.5 Å². The summed E-state index contributed by atoms with van der Waals surface area (Å²) in [5.41, 5.74) is 7.51. The maximum Gasteiger partial charge on any atom is 0.141 e. The van der Waals surface area contributed by atoms with Gasteiger partial charge in [-0.3, -0.25) is 0 Å². The summed E-state index contributed by atoms with van der Waals surface area (Å²) in [4.78, 5) is 0.367. The number of halogens is 2. The molecule has 0 aliphatic rings. The molecule has 0 aliphatic carbocycles. The molecule has 98 valence electrons. The van der Waals surface area contributed by atoms with Gasteiger partial charge in [-0.2, -0.15) is 0 Å². The summed E-state index contributed by atoms with van der Waals surface area (Å²) in [6, 6.07) is 11.4. The molecule has 0 aliphatic heterocycles. The van der Waals surface area contributed by atoms with Crippen molar-refractivity contribution in [2.45, 2.75) is 6.92 Å². The molecule has 0 fully saturated rings. The van der Waals surface area contributed by atoms with E-state index in [9.17, 15) is 0 Å². The summed E-state index contributed by atoms with van der Waals surface area (Å²) < 4.78 is 7.70. The van der Waals surface area contributed by atoms with Gasteiger partial charge in [0.2, 0.25) is 0 Å². The predicted molar refractivity (Wildman–Crippen MR) is 89.0 cm³/mol. The molecule has 2 aromatic rings. The first-order valence-corrected chi connectivity index (χ1v) is 7.50. The fourth-order valence-corrected chi connectivity index (χ4v) is 2.38. The maximum atomic E-state index is 5.83. The lowest BCUT2D eigenvalue weighted by molar-refractivity contribution is 0.479. The van der Waals surface area contributed by atoms with Crippen LogP contribution < -0.4 is 10.5 Å². The van der Waals surface area contributed by atoms with E-state index < -0.39 is 0 Å². The van der Waals surface area contributed by atoms with E-state index in [2.05, 4.69) is 31.9 Å². The average Bonchev–Trinajstić information content (AvgIpc) is 2.36. The highest BCUT2D eigenvalue weighted by atomic mass is 79.9. The van der Waals surface area contributed by atoms with Crippen molar-refractivity contribution in [2.75, 3.05) is 0 Å². The molecule has 5 heteroatoms. The van der Waals surface area contributed by atoms with Gasteiger partial charge in [0.15, 0.2) is 0 Å². The molecule has 0 spiro atoms. The van der Waals surface area contributed by atoms with Gasteiger partial charge in [0.05, 0.1) is 4.47 Å². The second-order valence-corrected chi connectivity index (χ2v) is 6.17. The minimum atomic E-state index is 0.367. The SMILES string of the molecule is Cc1cc(Oc2ccc(C(N)=S)cc2Br)ccc1Br. The molecule has 0 heterocycles. The van der Waals surface area contributed by atoms with Crippen LogP contribution in [-0.4, -0.2) is 4.99 Å². The van der Waals surface area contributed by atoms with Gasteiger partial charge in [0, 0.05) is 10.0 Å². The first-order valence-electron chi connectivity index (χ1n) is 5.51. The van der Waals surface area contributed by atoms with Crippen molar-refractivity contribution in [3.8, 4) is 11.5 Å². The van der Waals surface area contributed by atoms with Gasteiger partial charge in [-0.1, -0.05) is 28.1 Å². The Morgan fingerprint density at radius 3 is 2.42 bits per heavy atom. The lowest BCUT2D eigenvalue weighted by Crippen LogP contribution is -2.08. The van der Waals surface area contributed by atoms with E-state index >= 15 is 0 Å². The molecule has 0 bridgehead atoms. The molecule has 0 saturated carbocycles. The molecule has 2 aromatic carbocycles. The van der Waals surface area contributed by atoms with E-state index in [4.69, 9.17) is 22.7 Å². The van der Waals surface area contributed by atoms with Crippen molar-refractivity contribution in [3.63, 3.8) is 0 Å². The van der Waals surface area contributed by atoms with Gasteiger partial charge in [0.25, 0.3) is 0 Å². The average molecular weight is 401 g/mol. The van der Waals surface area contributed by atoms with Crippen molar-refractivity contribution in [1.82, 2.24) is 0 Å². The third-order valence-electron chi connectivity index (χ3n) is 2.57. The molecule has 2 rings (SSSR count). The summed E-state index contributed by atoms with van der Waals surface area (Å²) in [5, 5.41) is 0. The number of hydrogen-bond donors (Lipinski definition) is 1. The summed E-state index contributed by atoms with van der Waals surface area (Å²) in [6.07, 6.45) is 0. The van der Waals surface area contributed by atoms with E-state index in [-0.39, 0.29) is 0 Å². The number of nitrogens with two attached hydrogens (primary N) is 1. The van der Waals surface area contributed by atoms with Gasteiger partial charge >= 0.3 is 0 Å². The minimum absolute atomic E-state index is 0.367. The van der Waals surface area contributed by atoms with E-state index in [0.29, 0.717) is 4.99 Å². The van der Waals surface area contributed by atoms with Crippen molar-refractivity contribution in [1.29, 1.82) is 0 Å². The summed E-state index contributed by atoms with van der Waals surface area (Å²) in [6.45, 7) is 2.02. The topological polar surface area (TPSA) is 35.2 Å². The van der Waals surface area contributed by atoms with Crippen LogP contribution in [0.2, 0.25) is 0 Å². The maximum absolute atomic E-state index is 5.83. The lowest BCUT2D eigenvalue weighted by Gasteiger charge is -2.10. The summed E-state index contributed by atoms with van der Waals surface area (Å²) in [5.74, 6) is 1.51. The number of rotatable bonds is 3. The lowest BCUT2D eigenvalue weighted by atomic mass is 10.2. The van der Waals surface area contributed by atoms with Gasteiger partial charge in [-0.05, 0) is 64.8 Å². The Morgan fingerprint density at radius 1 is 1.11 bits per heavy atom. The van der Waals surface area contributed by atoms with Crippen LogP contribution in [0.25, 0.3) is 0 Å². The highest BCUT2D eigenvalue weighted by Gasteiger charge is 2.06. The Kier molecular flexibility index (Phi) is 4.60. The molecule has 0 saturated heterocycles. The monoisotopic (exact) mass is 399 g/mol. The Bertz CT molecular complexity index is 643. The van der Waals surface area contributed by atoms with Gasteiger partial charge < -0.3 is 10.5 Å². The molecule has 0 radical (unpaired) electrons. The predicted octanol–water partition coefficient (Wildman–Crippen LogP) is 4.95. The molecule has 2 nitrogen and oxygen atoms in total. The third kappa shape index (κ3) is 3.55. The van der Waals surface area contributed by atoms with Crippen LogP contribution in [0.1, 0.15) is 11.1 Å². The zero-order chi connectivity index (χ0) is 14.0. The Labute approximate surface area is 134 Å². The molecule has 0 aromatic heterocycles. The zero-order valence-electron chi connectivity index (χ0n) is 10.1. The molecular weight excluding hydrogens is 390 g/mol. The number of ether oxygens (including phenoxy) is 1. The van der Waals surface area contributed by atoms with Crippen LogP contribution in [0.4, 0.5) is 0 Å². The van der Waals surface area contributed by atoms with Crippen molar-refractivity contribution in [2.24, 2.45) is 5.73 Å². The highest BCUT2D eigenvalue weighted by molar-refractivity contribution is 9.10. The van der Waals surface area contributed by atoms with Crippen LogP contribution in [0.15, 0.2) is 45.3 Å². The molecule has 0 unspecified atom stereocenters. The summed E-state index contributed by atoms with van der Waals surface area (Å²) >= 11 is 11.9. The minimum Gasteiger partial charge on any atom is -0.456 e. The van der Waals surface area contributed by atoms with Crippen LogP contribution in [0, 0.1) is 6.92 Å². The zero-order valence-corrected chi connectivity index (χ0v) is 14.1. The third-order valence-corrected chi connectivity index (χ3v) is 4.32. The van der Waals surface area contributed by atoms with E-state index in [1.54, 1.807) is 0 Å². The van der Waals surface area contributed by atoms with Crippen LogP contribution >= 0.6 is 44.1 Å². The first kappa shape index (κ1) is 14.5. The molecule has 0 atom stereocenters. The number of thiocarbonyl (C=S) groups is 1. The molecule has 19 heavy (non-hydrogen) atoms. The standard InChI is InChI=1S/C14H11Br2NOS/c1-8-6-10(3-4-11(8)15)18-13-5-2-9(14(17)19)7-12(13)16/h2-7H,1H3,(H2,17,19). The normalized spacial score (nSPS) is 10.3.